The average molecular weight is 308 g/mol. The molecule has 0 saturated heterocycles. The molecule has 0 spiro atoms. The minimum absolute atomic E-state index is 0.0764. The van der Waals surface area contributed by atoms with Crippen molar-refractivity contribution >= 4 is 29.4 Å². The van der Waals surface area contributed by atoms with E-state index in [0.29, 0.717) is 0 Å². The molecule has 0 fully saturated rings. The van der Waals surface area contributed by atoms with E-state index in [4.69, 9.17) is 0 Å². The zero-order valence-electron chi connectivity index (χ0n) is 12.6. The normalized spacial score (nSPS) is 11.0. The van der Waals surface area contributed by atoms with Crippen molar-refractivity contribution in [3.63, 3.8) is 0 Å². The number of anilines is 1. The molecule has 0 heterocycles. The number of nitro groups is 1. The summed E-state index contributed by atoms with van der Waals surface area (Å²) in [6.07, 6.45) is 7.49. The maximum Gasteiger partial charge on any atom is 0.269 e. The third-order valence-electron chi connectivity index (χ3n) is 3.00. The Morgan fingerprint density at radius 1 is 1.04 bits per heavy atom. The highest BCUT2D eigenvalue weighted by Gasteiger charge is 2.01. The van der Waals surface area contributed by atoms with Gasteiger partial charge in [-0.05, 0) is 35.4 Å². The number of non-ortho nitro benzene ring substituents is 1. The SMILES string of the molecule is CC(=O)Nc1cccc(/C=C/C=C\c2ccc([N+](=O)[O-])cc2)c1. The molecular formula is C18H16N2O3. The summed E-state index contributed by atoms with van der Waals surface area (Å²) in [6.45, 7) is 1.47. The van der Waals surface area contributed by atoms with Gasteiger partial charge in [-0.15, -0.1) is 0 Å². The Balaban J connectivity index is 2.00. The average Bonchev–Trinajstić information content (AvgIpc) is 2.52. The molecular weight excluding hydrogens is 292 g/mol. The van der Waals surface area contributed by atoms with Crippen molar-refractivity contribution < 1.29 is 9.72 Å². The summed E-state index contributed by atoms with van der Waals surface area (Å²) in [5.74, 6) is -0.107. The van der Waals surface area contributed by atoms with Crippen LogP contribution in [-0.4, -0.2) is 10.8 Å². The van der Waals surface area contributed by atoms with Crippen LogP contribution in [0.3, 0.4) is 0 Å². The van der Waals surface area contributed by atoms with Gasteiger partial charge in [0.25, 0.3) is 5.69 Å². The van der Waals surface area contributed by atoms with E-state index >= 15 is 0 Å². The maximum absolute atomic E-state index is 11.0. The first-order valence-electron chi connectivity index (χ1n) is 7.01. The van der Waals surface area contributed by atoms with Crippen LogP contribution in [0.2, 0.25) is 0 Å². The Morgan fingerprint density at radius 2 is 1.70 bits per heavy atom. The molecule has 2 aromatic rings. The first-order chi connectivity index (χ1) is 11.0. The maximum atomic E-state index is 11.0. The molecule has 0 aromatic heterocycles. The fraction of sp³-hybridized carbons (Fsp3) is 0.0556. The molecule has 0 radical (unpaired) electrons. The van der Waals surface area contributed by atoms with E-state index in [0.717, 1.165) is 16.8 Å². The van der Waals surface area contributed by atoms with E-state index in [9.17, 15) is 14.9 Å². The molecule has 0 bridgehead atoms. The number of hydrogen-bond acceptors (Lipinski definition) is 3. The molecule has 5 nitrogen and oxygen atoms in total. The highest BCUT2D eigenvalue weighted by molar-refractivity contribution is 5.89. The fourth-order valence-electron chi connectivity index (χ4n) is 1.96. The van der Waals surface area contributed by atoms with Crippen LogP contribution in [0.5, 0.6) is 0 Å². The Labute approximate surface area is 134 Å². The van der Waals surface area contributed by atoms with Gasteiger partial charge in [-0.1, -0.05) is 36.4 Å². The standard InChI is InChI=1S/C18H16N2O3/c1-14(21)19-17-8-4-7-16(13-17)6-3-2-5-15-9-11-18(12-10-15)20(22)23/h2-13H,1H3,(H,19,21)/b5-2-,6-3+. The molecule has 2 aromatic carbocycles. The number of nitrogens with zero attached hydrogens (tertiary/aromatic N) is 1. The van der Waals surface area contributed by atoms with Gasteiger partial charge < -0.3 is 5.32 Å². The van der Waals surface area contributed by atoms with Crippen molar-refractivity contribution in [1.82, 2.24) is 0 Å². The summed E-state index contributed by atoms with van der Waals surface area (Å²) in [4.78, 5) is 21.2. The van der Waals surface area contributed by atoms with Gasteiger partial charge in [0, 0.05) is 24.7 Å². The number of amides is 1. The van der Waals surface area contributed by atoms with Crippen molar-refractivity contribution in [1.29, 1.82) is 0 Å². The number of benzene rings is 2. The number of hydrogen-bond donors (Lipinski definition) is 1. The number of nitro benzene ring substituents is 1. The lowest BCUT2D eigenvalue weighted by molar-refractivity contribution is -0.384. The van der Waals surface area contributed by atoms with Crippen LogP contribution in [0.15, 0.2) is 60.7 Å². The lowest BCUT2D eigenvalue weighted by atomic mass is 10.1. The Hall–Kier alpha value is -3.21. The molecule has 1 amide bonds. The van der Waals surface area contributed by atoms with Gasteiger partial charge in [0.2, 0.25) is 5.91 Å². The summed E-state index contributed by atoms with van der Waals surface area (Å²) in [5, 5.41) is 13.3. The molecule has 5 heteroatoms. The third-order valence-corrected chi connectivity index (χ3v) is 3.00. The topological polar surface area (TPSA) is 72.2 Å². The molecule has 1 N–H and O–H groups in total. The van der Waals surface area contributed by atoms with E-state index < -0.39 is 4.92 Å². The molecule has 2 rings (SSSR count). The van der Waals surface area contributed by atoms with Crippen molar-refractivity contribution in [2.75, 3.05) is 5.32 Å². The van der Waals surface area contributed by atoms with Crippen LogP contribution in [0.1, 0.15) is 18.1 Å². The molecule has 116 valence electrons. The Kier molecular flexibility index (Phi) is 5.41. The second-order valence-electron chi connectivity index (χ2n) is 4.87. The van der Waals surface area contributed by atoms with E-state index in [1.807, 2.05) is 48.6 Å². The second kappa shape index (κ2) is 7.70. The number of nitrogens with one attached hydrogen (secondary N) is 1. The first kappa shape index (κ1) is 16.2. The predicted octanol–water partition coefficient (Wildman–Crippen LogP) is 4.28. The molecule has 0 aliphatic carbocycles. The van der Waals surface area contributed by atoms with Crippen molar-refractivity contribution in [2.24, 2.45) is 0 Å². The summed E-state index contributed by atoms with van der Waals surface area (Å²) in [6, 6.07) is 13.8. The van der Waals surface area contributed by atoms with Crippen LogP contribution in [-0.2, 0) is 4.79 Å². The minimum Gasteiger partial charge on any atom is -0.326 e. The van der Waals surface area contributed by atoms with E-state index in [1.54, 1.807) is 12.1 Å². The van der Waals surface area contributed by atoms with E-state index in [-0.39, 0.29) is 11.6 Å². The Bertz CT molecular complexity index is 762. The van der Waals surface area contributed by atoms with Gasteiger partial charge in [-0.3, -0.25) is 14.9 Å². The summed E-state index contributed by atoms with van der Waals surface area (Å²) in [5.41, 5.74) is 2.67. The highest BCUT2D eigenvalue weighted by Crippen LogP contribution is 2.14. The number of allylic oxidation sites excluding steroid dienone is 2. The van der Waals surface area contributed by atoms with E-state index in [1.165, 1.54) is 19.1 Å². The molecule has 23 heavy (non-hydrogen) atoms. The summed E-state index contributed by atoms with van der Waals surface area (Å²) >= 11 is 0. The van der Waals surface area contributed by atoms with Crippen molar-refractivity contribution in [3.8, 4) is 0 Å². The van der Waals surface area contributed by atoms with Crippen LogP contribution in [0.25, 0.3) is 12.2 Å². The third kappa shape index (κ3) is 5.24. The van der Waals surface area contributed by atoms with Crippen LogP contribution in [0.4, 0.5) is 11.4 Å². The zero-order valence-corrected chi connectivity index (χ0v) is 12.6. The summed E-state index contributed by atoms with van der Waals surface area (Å²) in [7, 11) is 0. The largest absolute Gasteiger partial charge is 0.326 e. The molecule has 0 aliphatic heterocycles. The van der Waals surface area contributed by atoms with Gasteiger partial charge in [0.15, 0.2) is 0 Å². The van der Waals surface area contributed by atoms with Gasteiger partial charge in [-0.25, -0.2) is 0 Å². The van der Waals surface area contributed by atoms with Gasteiger partial charge in [-0.2, -0.15) is 0 Å². The monoisotopic (exact) mass is 308 g/mol. The van der Waals surface area contributed by atoms with Crippen LogP contribution < -0.4 is 5.32 Å². The van der Waals surface area contributed by atoms with Gasteiger partial charge in [0.05, 0.1) is 4.92 Å². The number of carbonyl (C=O) groups is 1. The van der Waals surface area contributed by atoms with Crippen molar-refractivity contribution in [3.05, 3.63) is 81.9 Å². The zero-order chi connectivity index (χ0) is 16.7. The molecule has 0 aliphatic rings. The molecule has 0 unspecified atom stereocenters. The fourth-order valence-corrected chi connectivity index (χ4v) is 1.96. The highest BCUT2D eigenvalue weighted by atomic mass is 16.6. The van der Waals surface area contributed by atoms with Crippen LogP contribution >= 0.6 is 0 Å². The quantitative estimate of drug-likeness (QED) is 0.509. The number of rotatable bonds is 5. The lowest BCUT2D eigenvalue weighted by Crippen LogP contribution is -2.05. The predicted molar refractivity (Wildman–Crippen MR) is 91.9 cm³/mol. The second-order valence-corrected chi connectivity index (χ2v) is 4.87. The van der Waals surface area contributed by atoms with Gasteiger partial charge >= 0.3 is 0 Å². The first-order valence-corrected chi connectivity index (χ1v) is 7.01. The van der Waals surface area contributed by atoms with Crippen molar-refractivity contribution in [2.45, 2.75) is 6.92 Å². The number of carbonyl (C=O) groups excluding carboxylic acids is 1. The smallest absolute Gasteiger partial charge is 0.269 e. The van der Waals surface area contributed by atoms with E-state index in [2.05, 4.69) is 5.32 Å². The molecule has 0 saturated carbocycles. The summed E-state index contributed by atoms with van der Waals surface area (Å²) < 4.78 is 0. The lowest BCUT2D eigenvalue weighted by Gasteiger charge is -2.02. The molecule has 0 atom stereocenters. The Morgan fingerprint density at radius 3 is 2.30 bits per heavy atom. The minimum atomic E-state index is -0.421. The van der Waals surface area contributed by atoms with Gasteiger partial charge in [0.1, 0.15) is 0 Å². The van der Waals surface area contributed by atoms with Crippen LogP contribution in [0, 0.1) is 10.1 Å².